The summed E-state index contributed by atoms with van der Waals surface area (Å²) in [6.45, 7) is 4.91. The molecule has 1 aliphatic carbocycles. The summed E-state index contributed by atoms with van der Waals surface area (Å²) in [7, 11) is 0. The number of anilines is 1. The molecule has 1 aliphatic heterocycles. The molecule has 2 aromatic heterocycles. The number of hydrogen-bond acceptors (Lipinski definition) is 4. The highest BCUT2D eigenvalue weighted by Crippen LogP contribution is 2.58. The standard InChI is InChI=1S/C19H19N3O2S/c1-2-17(23)22-8-6-19(12-22)11-14(19)18(24)21-13-5-7-20-15(10-13)16-4-3-9-25-16/h2-5,7,9-10,14H,1,6,8,11-12H2,(H,20,21,24). The molecule has 2 aromatic rings. The number of carbonyl (C=O) groups excluding carboxylic acids is 2. The van der Waals surface area contributed by atoms with Crippen molar-refractivity contribution >= 4 is 28.8 Å². The van der Waals surface area contributed by atoms with E-state index in [9.17, 15) is 9.59 Å². The van der Waals surface area contributed by atoms with Gasteiger partial charge in [0.1, 0.15) is 0 Å². The fraction of sp³-hybridized carbons (Fsp3) is 0.316. The molecule has 2 atom stereocenters. The normalized spacial score (nSPS) is 24.3. The van der Waals surface area contributed by atoms with Crippen LogP contribution in [0.3, 0.4) is 0 Å². The van der Waals surface area contributed by atoms with Crippen LogP contribution in [0.15, 0.2) is 48.5 Å². The summed E-state index contributed by atoms with van der Waals surface area (Å²) in [5, 5.41) is 5.02. The molecule has 1 spiro atoms. The van der Waals surface area contributed by atoms with Crippen LogP contribution in [0.2, 0.25) is 0 Å². The van der Waals surface area contributed by atoms with E-state index < -0.39 is 0 Å². The Kier molecular flexibility index (Phi) is 3.92. The first kappa shape index (κ1) is 16.0. The first-order chi connectivity index (χ1) is 12.1. The fourth-order valence-corrected chi connectivity index (χ4v) is 4.37. The molecule has 0 radical (unpaired) electrons. The summed E-state index contributed by atoms with van der Waals surface area (Å²) in [6.07, 6.45) is 4.80. The highest BCUT2D eigenvalue weighted by Gasteiger charge is 2.61. The molecule has 0 bridgehead atoms. The van der Waals surface area contributed by atoms with Gasteiger partial charge in [-0.2, -0.15) is 0 Å². The monoisotopic (exact) mass is 353 g/mol. The summed E-state index contributed by atoms with van der Waals surface area (Å²) in [6, 6.07) is 7.71. The van der Waals surface area contributed by atoms with Crippen LogP contribution < -0.4 is 5.32 Å². The lowest BCUT2D eigenvalue weighted by Gasteiger charge is -2.14. The zero-order chi connectivity index (χ0) is 17.4. The molecule has 2 fully saturated rings. The van der Waals surface area contributed by atoms with E-state index >= 15 is 0 Å². The van der Waals surface area contributed by atoms with E-state index in [1.54, 1.807) is 22.4 Å². The first-order valence-corrected chi connectivity index (χ1v) is 9.21. The Morgan fingerprint density at radius 1 is 1.44 bits per heavy atom. The van der Waals surface area contributed by atoms with Gasteiger partial charge in [-0.15, -0.1) is 11.3 Å². The Hall–Kier alpha value is -2.47. The Morgan fingerprint density at radius 3 is 3.08 bits per heavy atom. The minimum Gasteiger partial charge on any atom is -0.339 e. The number of pyridine rings is 1. The van der Waals surface area contributed by atoms with Crippen LogP contribution in [-0.2, 0) is 9.59 Å². The molecule has 1 N–H and O–H groups in total. The van der Waals surface area contributed by atoms with Gasteiger partial charge in [-0.05, 0) is 42.5 Å². The minimum absolute atomic E-state index is 0.0199. The van der Waals surface area contributed by atoms with E-state index in [2.05, 4.69) is 16.9 Å². The van der Waals surface area contributed by atoms with Gasteiger partial charge in [0, 0.05) is 36.3 Å². The molecule has 1 saturated carbocycles. The third kappa shape index (κ3) is 2.98. The molecule has 3 heterocycles. The molecule has 25 heavy (non-hydrogen) atoms. The number of aromatic nitrogens is 1. The van der Waals surface area contributed by atoms with E-state index in [4.69, 9.17) is 0 Å². The summed E-state index contributed by atoms with van der Waals surface area (Å²) >= 11 is 1.62. The predicted octanol–water partition coefficient (Wildman–Crippen LogP) is 3.17. The van der Waals surface area contributed by atoms with Gasteiger partial charge >= 0.3 is 0 Å². The number of carbonyl (C=O) groups is 2. The number of thiophene rings is 1. The lowest BCUT2D eigenvalue weighted by Crippen LogP contribution is -2.28. The second-order valence-corrected chi connectivity index (χ2v) is 7.68. The fourth-order valence-electron chi connectivity index (χ4n) is 3.68. The zero-order valence-electron chi connectivity index (χ0n) is 13.8. The minimum atomic E-state index is -0.0438. The van der Waals surface area contributed by atoms with Gasteiger partial charge in [0.2, 0.25) is 11.8 Å². The Balaban J connectivity index is 1.42. The van der Waals surface area contributed by atoms with E-state index in [-0.39, 0.29) is 23.1 Å². The molecular weight excluding hydrogens is 334 g/mol. The second-order valence-electron chi connectivity index (χ2n) is 6.73. The van der Waals surface area contributed by atoms with Crippen LogP contribution in [0.25, 0.3) is 10.6 Å². The van der Waals surface area contributed by atoms with E-state index in [0.29, 0.717) is 13.1 Å². The maximum atomic E-state index is 12.6. The van der Waals surface area contributed by atoms with Crippen molar-refractivity contribution in [1.82, 2.24) is 9.88 Å². The smallest absolute Gasteiger partial charge is 0.245 e. The van der Waals surface area contributed by atoms with Crippen molar-refractivity contribution in [2.75, 3.05) is 18.4 Å². The third-order valence-corrected chi connectivity index (χ3v) is 6.07. The highest BCUT2D eigenvalue weighted by atomic mass is 32.1. The van der Waals surface area contributed by atoms with Gasteiger partial charge in [0.25, 0.3) is 0 Å². The third-order valence-electron chi connectivity index (χ3n) is 5.18. The molecule has 4 rings (SSSR count). The predicted molar refractivity (Wildman–Crippen MR) is 98.1 cm³/mol. The van der Waals surface area contributed by atoms with Crippen molar-refractivity contribution in [3.63, 3.8) is 0 Å². The van der Waals surface area contributed by atoms with Crippen LogP contribution in [0.4, 0.5) is 5.69 Å². The number of rotatable bonds is 4. The van der Waals surface area contributed by atoms with Gasteiger partial charge in [-0.1, -0.05) is 12.6 Å². The molecular formula is C19H19N3O2S. The molecule has 2 amide bonds. The molecule has 5 nitrogen and oxygen atoms in total. The molecule has 1 saturated heterocycles. The zero-order valence-corrected chi connectivity index (χ0v) is 14.6. The Labute approximate surface area is 150 Å². The van der Waals surface area contributed by atoms with Gasteiger partial charge in [0.05, 0.1) is 10.6 Å². The van der Waals surface area contributed by atoms with Crippen LogP contribution in [0.1, 0.15) is 12.8 Å². The van der Waals surface area contributed by atoms with Crippen LogP contribution in [-0.4, -0.2) is 34.8 Å². The lowest BCUT2D eigenvalue weighted by molar-refractivity contribution is -0.125. The number of nitrogens with one attached hydrogen (secondary N) is 1. The summed E-state index contributed by atoms with van der Waals surface area (Å²) < 4.78 is 0. The van der Waals surface area contributed by atoms with Gasteiger partial charge in [-0.3, -0.25) is 14.6 Å². The van der Waals surface area contributed by atoms with E-state index in [1.165, 1.54) is 6.08 Å². The summed E-state index contributed by atoms with van der Waals surface area (Å²) in [5.74, 6) is -0.0256. The van der Waals surface area contributed by atoms with Gasteiger partial charge in [-0.25, -0.2) is 0 Å². The topological polar surface area (TPSA) is 62.3 Å². The van der Waals surface area contributed by atoms with Crippen LogP contribution in [0.5, 0.6) is 0 Å². The highest BCUT2D eigenvalue weighted by molar-refractivity contribution is 7.13. The van der Waals surface area contributed by atoms with Crippen molar-refractivity contribution in [2.45, 2.75) is 12.8 Å². The van der Waals surface area contributed by atoms with Crippen molar-refractivity contribution in [2.24, 2.45) is 11.3 Å². The van der Waals surface area contributed by atoms with Crippen molar-refractivity contribution in [1.29, 1.82) is 0 Å². The van der Waals surface area contributed by atoms with E-state index in [1.807, 2.05) is 29.6 Å². The number of nitrogens with zero attached hydrogens (tertiary/aromatic N) is 2. The molecule has 128 valence electrons. The van der Waals surface area contributed by atoms with Crippen LogP contribution >= 0.6 is 11.3 Å². The second kappa shape index (κ2) is 6.11. The summed E-state index contributed by atoms with van der Waals surface area (Å²) in [4.78, 5) is 31.6. The SMILES string of the molecule is C=CC(=O)N1CCC2(CC2C(=O)Nc2ccnc(-c3cccs3)c2)C1. The van der Waals surface area contributed by atoms with Crippen molar-refractivity contribution < 1.29 is 9.59 Å². The van der Waals surface area contributed by atoms with Gasteiger partial charge < -0.3 is 10.2 Å². The Bertz CT molecular complexity index is 833. The summed E-state index contributed by atoms with van der Waals surface area (Å²) in [5.41, 5.74) is 1.59. The van der Waals surface area contributed by atoms with Crippen LogP contribution in [0, 0.1) is 11.3 Å². The maximum absolute atomic E-state index is 12.6. The quantitative estimate of drug-likeness (QED) is 0.859. The average Bonchev–Trinajstić information content (AvgIpc) is 2.97. The number of amides is 2. The average molecular weight is 353 g/mol. The molecule has 2 unspecified atom stereocenters. The maximum Gasteiger partial charge on any atom is 0.245 e. The largest absolute Gasteiger partial charge is 0.339 e. The first-order valence-electron chi connectivity index (χ1n) is 8.33. The Morgan fingerprint density at radius 2 is 2.32 bits per heavy atom. The number of likely N-dealkylation sites (tertiary alicyclic amines) is 1. The van der Waals surface area contributed by atoms with Crippen molar-refractivity contribution in [3.8, 4) is 10.6 Å². The molecule has 0 aromatic carbocycles. The molecule has 2 aliphatic rings. The van der Waals surface area contributed by atoms with Crippen molar-refractivity contribution in [3.05, 3.63) is 48.5 Å². The van der Waals surface area contributed by atoms with Gasteiger partial charge in [0.15, 0.2) is 0 Å². The lowest BCUT2D eigenvalue weighted by atomic mass is 10.0. The molecule has 6 heteroatoms. The number of hydrogen-bond donors (Lipinski definition) is 1. The van der Waals surface area contributed by atoms with E-state index in [0.717, 1.165) is 29.1 Å².